The summed E-state index contributed by atoms with van der Waals surface area (Å²) >= 11 is 0. The van der Waals surface area contributed by atoms with Crippen molar-refractivity contribution in [2.75, 3.05) is 6.61 Å². The van der Waals surface area contributed by atoms with Gasteiger partial charge in [0.1, 0.15) is 0 Å². The lowest BCUT2D eigenvalue weighted by Crippen LogP contribution is -2.24. The molecule has 0 aliphatic heterocycles. The van der Waals surface area contributed by atoms with E-state index in [0.717, 1.165) is 6.42 Å². The summed E-state index contributed by atoms with van der Waals surface area (Å²) in [7, 11) is 0. The van der Waals surface area contributed by atoms with Crippen molar-refractivity contribution >= 4 is 0 Å². The topological polar surface area (TPSA) is 29.5 Å². The second kappa shape index (κ2) is 4.77. The number of aliphatic hydroxyl groups excluding tert-OH is 1. The first-order chi connectivity index (χ1) is 4.22. The van der Waals surface area contributed by atoms with Crippen molar-refractivity contribution in [1.82, 2.24) is 0 Å². The van der Waals surface area contributed by atoms with Crippen molar-refractivity contribution in [3.63, 3.8) is 0 Å². The molecule has 0 heterocycles. The van der Waals surface area contributed by atoms with E-state index in [1.54, 1.807) is 0 Å². The van der Waals surface area contributed by atoms with Gasteiger partial charge in [-0.2, -0.15) is 0 Å². The highest BCUT2D eigenvalue weighted by Gasteiger charge is 2.10. The molecule has 0 aromatic rings. The predicted octanol–water partition coefficient (Wildman–Crippen LogP) is 1.18. The minimum absolute atomic E-state index is 0.0139. The summed E-state index contributed by atoms with van der Waals surface area (Å²) in [5.41, 5.74) is 0. The van der Waals surface area contributed by atoms with E-state index < -0.39 is 0 Å². The molecule has 0 saturated carbocycles. The van der Waals surface area contributed by atoms with Crippen LogP contribution in [0.5, 0.6) is 0 Å². The maximum Gasteiger partial charge on any atom is 0.0805 e. The SMILES string of the molecule is CCOC(C)[C@H](O)CC. The molecule has 0 spiro atoms. The van der Waals surface area contributed by atoms with Gasteiger partial charge in [0, 0.05) is 6.61 Å². The van der Waals surface area contributed by atoms with E-state index in [2.05, 4.69) is 0 Å². The van der Waals surface area contributed by atoms with Crippen LogP contribution in [0.3, 0.4) is 0 Å². The number of ether oxygens (including phenoxy) is 1. The normalized spacial score (nSPS) is 17.3. The first-order valence-corrected chi connectivity index (χ1v) is 3.52. The van der Waals surface area contributed by atoms with Crippen LogP contribution in [0.15, 0.2) is 0 Å². The van der Waals surface area contributed by atoms with Crippen LogP contribution in [-0.4, -0.2) is 23.9 Å². The molecule has 0 amide bonds. The number of hydrogen-bond donors (Lipinski definition) is 1. The fourth-order valence-electron chi connectivity index (χ4n) is 0.706. The Bertz CT molecular complexity index is 63.9. The van der Waals surface area contributed by atoms with Crippen LogP contribution < -0.4 is 0 Å². The summed E-state index contributed by atoms with van der Waals surface area (Å²) in [4.78, 5) is 0. The molecule has 0 bridgehead atoms. The van der Waals surface area contributed by atoms with E-state index in [-0.39, 0.29) is 12.2 Å². The molecule has 0 saturated heterocycles. The lowest BCUT2D eigenvalue weighted by molar-refractivity contribution is -0.0225. The van der Waals surface area contributed by atoms with E-state index in [1.807, 2.05) is 20.8 Å². The Balaban J connectivity index is 3.32. The van der Waals surface area contributed by atoms with Crippen molar-refractivity contribution in [3.8, 4) is 0 Å². The van der Waals surface area contributed by atoms with Gasteiger partial charge in [-0.1, -0.05) is 6.92 Å². The highest BCUT2D eigenvalue weighted by atomic mass is 16.5. The predicted molar refractivity (Wildman–Crippen MR) is 37.4 cm³/mol. The molecular weight excluding hydrogens is 116 g/mol. The van der Waals surface area contributed by atoms with Crippen LogP contribution in [0.2, 0.25) is 0 Å². The molecule has 9 heavy (non-hydrogen) atoms. The summed E-state index contributed by atoms with van der Waals surface area (Å²) in [5, 5.41) is 9.13. The Hall–Kier alpha value is -0.0800. The minimum atomic E-state index is -0.301. The summed E-state index contributed by atoms with van der Waals surface area (Å²) in [6, 6.07) is 0. The maximum atomic E-state index is 9.13. The van der Waals surface area contributed by atoms with Crippen molar-refractivity contribution in [2.24, 2.45) is 0 Å². The monoisotopic (exact) mass is 132 g/mol. The van der Waals surface area contributed by atoms with Gasteiger partial charge in [-0.3, -0.25) is 0 Å². The molecule has 1 N–H and O–H groups in total. The van der Waals surface area contributed by atoms with Crippen molar-refractivity contribution < 1.29 is 9.84 Å². The van der Waals surface area contributed by atoms with Crippen LogP contribution in [0, 0.1) is 0 Å². The van der Waals surface area contributed by atoms with Gasteiger partial charge in [-0.15, -0.1) is 0 Å². The molecule has 0 aromatic carbocycles. The number of aliphatic hydroxyl groups is 1. The quantitative estimate of drug-likeness (QED) is 0.622. The molecule has 0 aliphatic carbocycles. The number of hydrogen-bond acceptors (Lipinski definition) is 2. The molecule has 1 unspecified atom stereocenters. The Morgan fingerprint density at radius 3 is 2.33 bits per heavy atom. The van der Waals surface area contributed by atoms with Gasteiger partial charge in [0.15, 0.2) is 0 Å². The fraction of sp³-hybridized carbons (Fsp3) is 1.00. The Labute approximate surface area is 56.8 Å². The van der Waals surface area contributed by atoms with Gasteiger partial charge in [0.05, 0.1) is 12.2 Å². The first-order valence-electron chi connectivity index (χ1n) is 3.52. The van der Waals surface area contributed by atoms with Crippen LogP contribution >= 0.6 is 0 Å². The average molecular weight is 132 g/mol. The van der Waals surface area contributed by atoms with Crippen molar-refractivity contribution in [2.45, 2.75) is 39.4 Å². The maximum absolute atomic E-state index is 9.13. The van der Waals surface area contributed by atoms with Gasteiger partial charge in [-0.05, 0) is 20.3 Å². The number of rotatable bonds is 4. The Kier molecular flexibility index (Phi) is 4.72. The average Bonchev–Trinajstić information content (AvgIpc) is 1.87. The second-order valence-electron chi connectivity index (χ2n) is 2.14. The second-order valence-corrected chi connectivity index (χ2v) is 2.14. The van der Waals surface area contributed by atoms with Gasteiger partial charge in [-0.25, -0.2) is 0 Å². The highest BCUT2D eigenvalue weighted by Crippen LogP contribution is 2.01. The van der Waals surface area contributed by atoms with Crippen LogP contribution in [0.4, 0.5) is 0 Å². The third kappa shape index (κ3) is 3.49. The summed E-state index contributed by atoms with van der Waals surface area (Å²) in [5.74, 6) is 0. The highest BCUT2D eigenvalue weighted by molar-refractivity contribution is 4.60. The molecule has 2 atom stereocenters. The molecule has 0 rings (SSSR count). The third-order valence-corrected chi connectivity index (χ3v) is 1.39. The lowest BCUT2D eigenvalue weighted by Gasteiger charge is -2.16. The van der Waals surface area contributed by atoms with E-state index >= 15 is 0 Å². The molecule has 2 nitrogen and oxygen atoms in total. The minimum Gasteiger partial charge on any atom is -0.390 e. The van der Waals surface area contributed by atoms with Gasteiger partial charge in [0.25, 0.3) is 0 Å². The van der Waals surface area contributed by atoms with Gasteiger partial charge in [0.2, 0.25) is 0 Å². The molecule has 56 valence electrons. The molecule has 0 fully saturated rings. The molecule has 0 aliphatic rings. The first kappa shape index (κ1) is 8.92. The van der Waals surface area contributed by atoms with Crippen LogP contribution in [-0.2, 0) is 4.74 Å². The smallest absolute Gasteiger partial charge is 0.0805 e. The van der Waals surface area contributed by atoms with Crippen LogP contribution in [0.25, 0.3) is 0 Å². The third-order valence-electron chi connectivity index (χ3n) is 1.39. The Morgan fingerprint density at radius 2 is 2.00 bits per heavy atom. The summed E-state index contributed by atoms with van der Waals surface area (Å²) < 4.78 is 5.14. The zero-order valence-corrected chi connectivity index (χ0v) is 6.42. The van der Waals surface area contributed by atoms with Crippen LogP contribution in [0.1, 0.15) is 27.2 Å². The molecule has 0 aromatic heterocycles. The molecule has 2 heteroatoms. The molecular formula is C7H16O2. The largest absolute Gasteiger partial charge is 0.390 e. The zero-order chi connectivity index (χ0) is 7.28. The standard InChI is InChI=1S/C7H16O2/c1-4-7(8)6(3)9-5-2/h6-8H,4-5H2,1-3H3/t6?,7-/m1/s1. The van der Waals surface area contributed by atoms with E-state index in [0.29, 0.717) is 6.61 Å². The van der Waals surface area contributed by atoms with E-state index in [4.69, 9.17) is 9.84 Å². The van der Waals surface area contributed by atoms with Crippen molar-refractivity contribution in [1.29, 1.82) is 0 Å². The van der Waals surface area contributed by atoms with Gasteiger partial charge < -0.3 is 9.84 Å². The molecule has 0 radical (unpaired) electrons. The van der Waals surface area contributed by atoms with E-state index in [9.17, 15) is 0 Å². The lowest BCUT2D eigenvalue weighted by atomic mass is 10.2. The zero-order valence-electron chi connectivity index (χ0n) is 6.42. The summed E-state index contributed by atoms with van der Waals surface area (Å²) in [6.45, 7) is 6.44. The van der Waals surface area contributed by atoms with Gasteiger partial charge >= 0.3 is 0 Å². The van der Waals surface area contributed by atoms with E-state index in [1.165, 1.54) is 0 Å². The summed E-state index contributed by atoms with van der Waals surface area (Å²) in [6.07, 6.45) is 0.450. The Morgan fingerprint density at radius 1 is 1.44 bits per heavy atom. The fourth-order valence-corrected chi connectivity index (χ4v) is 0.706. The van der Waals surface area contributed by atoms with Crippen molar-refractivity contribution in [3.05, 3.63) is 0 Å².